The summed E-state index contributed by atoms with van der Waals surface area (Å²) in [5, 5.41) is 9.94. The zero-order valence-corrected chi connectivity index (χ0v) is 24.4. The normalized spacial score (nSPS) is 14.4. The lowest BCUT2D eigenvalue weighted by atomic mass is 9.89. The van der Waals surface area contributed by atoms with Gasteiger partial charge in [-0.15, -0.1) is 0 Å². The highest BCUT2D eigenvalue weighted by Crippen LogP contribution is 2.41. The standard InChI is InChI=1S/C31H40F5NO3S/c1-37(20-6-7-21-41(39,40)22-18-31(34,35)36)19-5-3-2-4-9-26-25(23-12-14-24(32)15-13-23)10-8-11-28-27(26)16-17-29(38)30(28)33/h12-17,38H,2-11,18-22H2,1H3. The van der Waals surface area contributed by atoms with Gasteiger partial charge in [-0.1, -0.05) is 31.0 Å². The van der Waals surface area contributed by atoms with Gasteiger partial charge in [-0.05, 0) is 118 Å². The van der Waals surface area contributed by atoms with Gasteiger partial charge in [0.2, 0.25) is 0 Å². The minimum Gasteiger partial charge on any atom is -0.505 e. The van der Waals surface area contributed by atoms with Gasteiger partial charge in [-0.3, -0.25) is 0 Å². The number of nitrogens with zero attached hydrogens (tertiary/aromatic N) is 1. The van der Waals surface area contributed by atoms with E-state index >= 15 is 0 Å². The van der Waals surface area contributed by atoms with Gasteiger partial charge in [0.1, 0.15) is 5.82 Å². The zero-order chi connectivity index (χ0) is 30.0. The molecule has 4 nitrogen and oxygen atoms in total. The van der Waals surface area contributed by atoms with Crippen LogP contribution in [0.1, 0.15) is 80.9 Å². The van der Waals surface area contributed by atoms with Crippen LogP contribution in [0.3, 0.4) is 0 Å². The van der Waals surface area contributed by atoms with Crippen molar-refractivity contribution in [3.05, 3.63) is 64.7 Å². The van der Waals surface area contributed by atoms with Crippen LogP contribution in [0.4, 0.5) is 22.0 Å². The van der Waals surface area contributed by atoms with Gasteiger partial charge in [-0.25, -0.2) is 17.2 Å². The van der Waals surface area contributed by atoms with Crippen molar-refractivity contribution >= 4 is 21.0 Å². The molecular formula is C31H40F5NO3S. The number of phenolic OH excluding ortho intramolecular Hbond substituents is 1. The number of halogens is 5. The Morgan fingerprint density at radius 3 is 2.20 bits per heavy atom. The summed E-state index contributed by atoms with van der Waals surface area (Å²) in [6.07, 6.45) is 1.70. The Morgan fingerprint density at radius 1 is 0.854 bits per heavy atom. The van der Waals surface area contributed by atoms with Crippen molar-refractivity contribution in [2.75, 3.05) is 31.6 Å². The molecule has 0 spiro atoms. The molecule has 2 aromatic carbocycles. The third-order valence-corrected chi connectivity index (χ3v) is 9.35. The molecule has 228 valence electrons. The van der Waals surface area contributed by atoms with Crippen molar-refractivity contribution in [3.63, 3.8) is 0 Å². The fraction of sp³-hybridized carbons (Fsp3) is 0.548. The van der Waals surface area contributed by atoms with Crippen LogP contribution in [0.15, 0.2) is 36.4 Å². The Kier molecular flexibility index (Phi) is 12.2. The topological polar surface area (TPSA) is 57.6 Å². The Morgan fingerprint density at radius 2 is 1.51 bits per heavy atom. The van der Waals surface area contributed by atoms with Gasteiger partial charge in [0.25, 0.3) is 0 Å². The van der Waals surface area contributed by atoms with Crippen LogP contribution in [0.25, 0.3) is 11.1 Å². The fourth-order valence-electron chi connectivity index (χ4n) is 5.37. The van der Waals surface area contributed by atoms with Crippen LogP contribution in [0.2, 0.25) is 0 Å². The maximum absolute atomic E-state index is 14.8. The second-order valence-corrected chi connectivity index (χ2v) is 13.2. The van der Waals surface area contributed by atoms with Crippen LogP contribution in [-0.4, -0.2) is 56.2 Å². The summed E-state index contributed by atoms with van der Waals surface area (Å²) < 4.78 is 88.8. The molecule has 3 rings (SSSR count). The first-order valence-electron chi connectivity index (χ1n) is 14.3. The molecule has 1 aliphatic rings. The van der Waals surface area contributed by atoms with Crippen LogP contribution in [-0.2, 0) is 16.3 Å². The number of benzene rings is 2. The predicted molar refractivity (Wildman–Crippen MR) is 153 cm³/mol. The first-order valence-corrected chi connectivity index (χ1v) is 16.1. The van der Waals surface area contributed by atoms with Crippen molar-refractivity contribution in [2.24, 2.45) is 0 Å². The van der Waals surface area contributed by atoms with Crippen molar-refractivity contribution in [2.45, 2.75) is 76.8 Å². The summed E-state index contributed by atoms with van der Waals surface area (Å²) in [5.41, 5.74) is 4.42. The number of hydrogen-bond acceptors (Lipinski definition) is 4. The van der Waals surface area contributed by atoms with Crippen molar-refractivity contribution in [1.82, 2.24) is 4.90 Å². The van der Waals surface area contributed by atoms with Crippen LogP contribution >= 0.6 is 0 Å². The number of unbranched alkanes of at least 4 members (excludes halogenated alkanes) is 4. The number of alkyl halides is 3. The lowest BCUT2D eigenvalue weighted by Gasteiger charge is -2.18. The average molecular weight is 602 g/mol. The number of phenols is 1. The largest absolute Gasteiger partial charge is 0.505 e. The summed E-state index contributed by atoms with van der Waals surface area (Å²) in [4.78, 5) is 2.11. The summed E-state index contributed by atoms with van der Waals surface area (Å²) >= 11 is 0. The molecule has 0 radical (unpaired) electrons. The molecule has 0 atom stereocenters. The average Bonchev–Trinajstić information content (AvgIpc) is 3.09. The zero-order valence-electron chi connectivity index (χ0n) is 23.6. The van der Waals surface area contributed by atoms with E-state index in [1.807, 2.05) is 7.05 Å². The second-order valence-electron chi connectivity index (χ2n) is 10.9. The number of rotatable bonds is 15. The first kappa shape index (κ1) is 33.0. The Hall–Kier alpha value is -2.46. The molecule has 0 aromatic heterocycles. The number of sulfone groups is 1. The van der Waals surface area contributed by atoms with Crippen molar-refractivity contribution < 1.29 is 35.5 Å². The van der Waals surface area contributed by atoms with E-state index in [1.54, 1.807) is 18.2 Å². The minimum atomic E-state index is -4.46. The highest BCUT2D eigenvalue weighted by molar-refractivity contribution is 7.91. The van der Waals surface area contributed by atoms with Crippen LogP contribution in [0.5, 0.6) is 5.75 Å². The van der Waals surface area contributed by atoms with E-state index in [-0.39, 0.29) is 17.3 Å². The number of allylic oxidation sites excluding steroid dienone is 2. The van der Waals surface area contributed by atoms with Gasteiger partial charge in [-0.2, -0.15) is 13.2 Å². The molecule has 0 heterocycles. The van der Waals surface area contributed by atoms with E-state index in [2.05, 4.69) is 4.90 Å². The van der Waals surface area contributed by atoms with E-state index in [1.165, 1.54) is 18.2 Å². The van der Waals surface area contributed by atoms with Crippen LogP contribution < -0.4 is 0 Å². The van der Waals surface area contributed by atoms with E-state index in [0.29, 0.717) is 31.4 Å². The Bertz CT molecular complexity index is 1270. The maximum Gasteiger partial charge on any atom is 0.390 e. The third-order valence-electron chi connectivity index (χ3n) is 7.62. The van der Waals surface area contributed by atoms with Gasteiger partial charge in [0.05, 0.1) is 17.9 Å². The molecule has 0 fully saturated rings. The first-order chi connectivity index (χ1) is 19.4. The van der Waals surface area contributed by atoms with E-state index in [0.717, 1.165) is 73.8 Å². The molecule has 0 bridgehead atoms. The lowest BCUT2D eigenvalue weighted by Crippen LogP contribution is -2.22. The van der Waals surface area contributed by atoms with E-state index in [4.69, 9.17) is 0 Å². The summed E-state index contributed by atoms with van der Waals surface area (Å²) in [7, 11) is -1.74. The monoisotopic (exact) mass is 601 g/mol. The number of fused-ring (bicyclic) bond motifs is 1. The summed E-state index contributed by atoms with van der Waals surface area (Å²) in [6.45, 7) is 1.51. The molecule has 0 aliphatic heterocycles. The predicted octanol–water partition coefficient (Wildman–Crippen LogP) is 7.95. The quantitative estimate of drug-likeness (QED) is 0.166. The van der Waals surface area contributed by atoms with Gasteiger partial charge in [0.15, 0.2) is 21.4 Å². The van der Waals surface area contributed by atoms with Crippen LogP contribution in [0, 0.1) is 11.6 Å². The van der Waals surface area contributed by atoms with Gasteiger partial charge in [0, 0.05) is 0 Å². The molecule has 41 heavy (non-hydrogen) atoms. The number of hydrogen-bond donors (Lipinski definition) is 1. The lowest BCUT2D eigenvalue weighted by molar-refractivity contribution is -0.129. The van der Waals surface area contributed by atoms with Crippen molar-refractivity contribution in [3.8, 4) is 5.75 Å². The Balaban J connectivity index is 1.48. The smallest absolute Gasteiger partial charge is 0.390 e. The molecular weight excluding hydrogens is 561 g/mol. The maximum atomic E-state index is 14.8. The molecule has 2 aromatic rings. The molecule has 0 saturated heterocycles. The molecule has 1 aliphatic carbocycles. The molecule has 0 amide bonds. The summed E-state index contributed by atoms with van der Waals surface area (Å²) in [6, 6.07) is 9.59. The Labute approximate surface area is 240 Å². The fourth-order valence-corrected chi connectivity index (χ4v) is 6.76. The minimum absolute atomic E-state index is 0.223. The second kappa shape index (κ2) is 15.1. The molecule has 0 saturated carbocycles. The molecule has 0 unspecified atom stereocenters. The van der Waals surface area contributed by atoms with E-state index < -0.39 is 34.0 Å². The molecule has 1 N–H and O–H groups in total. The SMILES string of the molecule is CN(CCCCCCC1=C(c2ccc(F)cc2)CCCc2c1ccc(O)c2F)CCCCS(=O)(=O)CCC(F)(F)F. The van der Waals surface area contributed by atoms with Gasteiger partial charge < -0.3 is 10.0 Å². The van der Waals surface area contributed by atoms with Crippen molar-refractivity contribution in [1.29, 1.82) is 0 Å². The highest BCUT2D eigenvalue weighted by Gasteiger charge is 2.29. The summed E-state index contributed by atoms with van der Waals surface area (Å²) in [5.74, 6) is -2.30. The number of aromatic hydroxyl groups is 1. The highest BCUT2D eigenvalue weighted by atomic mass is 32.2. The van der Waals surface area contributed by atoms with E-state index in [9.17, 15) is 35.5 Å². The van der Waals surface area contributed by atoms with Gasteiger partial charge >= 0.3 is 6.18 Å². The third kappa shape index (κ3) is 10.7. The molecule has 10 heteroatoms.